The maximum atomic E-state index is 6.24. The van der Waals surface area contributed by atoms with Crippen LogP contribution in [-0.4, -0.2) is 28.2 Å². The smallest absolute Gasteiger partial charge is 0.356 e. The quantitative estimate of drug-likeness (QED) is 0.468. The number of aromatic amines is 1. The van der Waals surface area contributed by atoms with Crippen LogP contribution in [0.4, 0.5) is 5.82 Å². The molecule has 4 N–H and O–H groups in total. The zero-order valence-electron chi connectivity index (χ0n) is 16.0. The molecule has 0 saturated carbocycles. The highest BCUT2D eigenvalue weighted by Gasteiger charge is 2.28. The summed E-state index contributed by atoms with van der Waals surface area (Å²) < 4.78 is 8.04. The lowest BCUT2D eigenvalue weighted by atomic mass is 10.1. The Morgan fingerprint density at radius 2 is 1.79 bits per heavy atom. The number of H-pyrrole nitrogens is 1. The number of fused-ring (bicyclic) bond motifs is 1. The number of ether oxygens (including phenoxy) is 1. The topological polar surface area (TPSA) is 92.7 Å². The molecule has 1 aliphatic heterocycles. The van der Waals surface area contributed by atoms with Crippen LogP contribution >= 0.6 is 0 Å². The van der Waals surface area contributed by atoms with Gasteiger partial charge in [0.25, 0.3) is 0 Å². The predicted octanol–water partition coefficient (Wildman–Crippen LogP) is 3.21. The molecule has 0 aliphatic carbocycles. The van der Waals surface area contributed by atoms with E-state index >= 15 is 0 Å². The number of nitrogens with zero attached hydrogens (tertiary/aromatic N) is 3. The highest BCUT2D eigenvalue weighted by Crippen LogP contribution is 2.31. The summed E-state index contributed by atoms with van der Waals surface area (Å²) >= 11 is 0. The average molecular weight is 387 g/mol. The van der Waals surface area contributed by atoms with E-state index in [9.17, 15) is 0 Å². The van der Waals surface area contributed by atoms with E-state index in [1.54, 1.807) is 0 Å². The van der Waals surface area contributed by atoms with Crippen LogP contribution < -0.4 is 20.5 Å². The Morgan fingerprint density at radius 3 is 2.55 bits per heavy atom. The number of nitrogen functional groups attached to an aromatic ring is 1. The molecule has 0 radical (unpaired) electrons. The molecule has 2 aromatic carbocycles. The van der Waals surface area contributed by atoms with Crippen LogP contribution in [0, 0.1) is 0 Å². The second kappa shape index (κ2) is 7.52. The van der Waals surface area contributed by atoms with E-state index in [4.69, 9.17) is 10.5 Å². The Hall–Kier alpha value is -3.45. The molecule has 1 unspecified atom stereocenters. The van der Waals surface area contributed by atoms with Crippen molar-refractivity contribution in [2.24, 2.45) is 0 Å². The van der Waals surface area contributed by atoms with Gasteiger partial charge in [-0.1, -0.05) is 18.2 Å². The first kappa shape index (κ1) is 17.6. The third kappa shape index (κ3) is 3.40. The Bertz CT molecular complexity index is 1120. The van der Waals surface area contributed by atoms with Crippen LogP contribution in [0.5, 0.6) is 11.5 Å². The lowest BCUT2D eigenvalue weighted by Crippen LogP contribution is -2.49. The predicted molar refractivity (Wildman–Crippen MR) is 112 cm³/mol. The molecule has 0 spiro atoms. The summed E-state index contributed by atoms with van der Waals surface area (Å²) in [5.41, 5.74) is 9.02. The van der Waals surface area contributed by atoms with Crippen molar-refractivity contribution < 1.29 is 9.42 Å². The highest BCUT2D eigenvalue weighted by atomic mass is 16.5. The second-order valence-electron chi connectivity index (χ2n) is 7.25. The third-order valence-electron chi connectivity index (χ3n) is 5.32. The molecule has 29 heavy (non-hydrogen) atoms. The van der Waals surface area contributed by atoms with Gasteiger partial charge in [0.05, 0.1) is 0 Å². The van der Waals surface area contributed by atoms with Crippen LogP contribution in [0.25, 0.3) is 22.3 Å². The lowest BCUT2D eigenvalue weighted by molar-refractivity contribution is -0.752. The van der Waals surface area contributed by atoms with Crippen molar-refractivity contribution in [3.8, 4) is 22.8 Å². The van der Waals surface area contributed by atoms with Crippen LogP contribution in [-0.2, 0) is 0 Å². The van der Waals surface area contributed by atoms with Crippen molar-refractivity contribution in [1.29, 1.82) is 0 Å². The Kier molecular flexibility index (Phi) is 4.57. The van der Waals surface area contributed by atoms with E-state index in [0.29, 0.717) is 11.9 Å². The van der Waals surface area contributed by atoms with E-state index in [0.717, 1.165) is 59.7 Å². The van der Waals surface area contributed by atoms with Crippen molar-refractivity contribution in [3.05, 3.63) is 60.9 Å². The second-order valence-corrected chi connectivity index (χ2v) is 7.25. The molecule has 1 saturated heterocycles. The molecular formula is C22H23N6O+. The molecule has 1 atom stereocenters. The molecular weight excluding hydrogens is 364 g/mol. The van der Waals surface area contributed by atoms with Gasteiger partial charge >= 0.3 is 5.65 Å². The van der Waals surface area contributed by atoms with Crippen LogP contribution in [0.2, 0.25) is 0 Å². The number of aromatic nitrogens is 4. The van der Waals surface area contributed by atoms with Crippen molar-refractivity contribution >= 4 is 16.9 Å². The number of para-hydroxylation sites is 1. The first-order valence-corrected chi connectivity index (χ1v) is 9.87. The molecule has 5 rings (SSSR count). The SMILES string of the molecule is Nc1ncnc2c1c(-c1ccc(Oc3ccccc3)cc1)[nH][n+]2C1CCCNC1. The molecule has 146 valence electrons. The monoisotopic (exact) mass is 387 g/mol. The summed E-state index contributed by atoms with van der Waals surface area (Å²) in [6.07, 6.45) is 3.76. The summed E-state index contributed by atoms with van der Waals surface area (Å²) in [5, 5.41) is 7.86. The van der Waals surface area contributed by atoms with Gasteiger partial charge < -0.3 is 15.8 Å². The van der Waals surface area contributed by atoms with Gasteiger partial charge in [-0.05, 0) is 60.8 Å². The molecule has 7 heteroatoms. The molecule has 7 nitrogen and oxygen atoms in total. The minimum atomic E-state index is 0.315. The van der Waals surface area contributed by atoms with Crippen LogP contribution in [0.1, 0.15) is 18.9 Å². The van der Waals surface area contributed by atoms with Gasteiger partial charge in [-0.3, -0.25) is 0 Å². The number of anilines is 1. The molecule has 3 heterocycles. The fourth-order valence-electron chi connectivity index (χ4n) is 3.88. The minimum absolute atomic E-state index is 0.315. The van der Waals surface area contributed by atoms with E-state index in [-0.39, 0.29) is 0 Å². The number of hydrogen-bond donors (Lipinski definition) is 3. The Balaban J connectivity index is 1.52. The maximum Gasteiger partial charge on any atom is 0.356 e. The number of nitrogens with two attached hydrogens (primary N) is 1. The molecule has 2 aromatic heterocycles. The van der Waals surface area contributed by atoms with Gasteiger partial charge in [-0.25, -0.2) is 5.10 Å². The first-order chi connectivity index (χ1) is 14.3. The summed E-state index contributed by atoms with van der Waals surface area (Å²) in [6.45, 7) is 1.97. The molecule has 0 amide bonds. The molecule has 1 fully saturated rings. The molecule has 1 aliphatic rings. The van der Waals surface area contributed by atoms with Gasteiger partial charge in [0, 0.05) is 12.1 Å². The lowest BCUT2D eigenvalue weighted by Gasteiger charge is -2.19. The highest BCUT2D eigenvalue weighted by molar-refractivity contribution is 5.96. The summed E-state index contributed by atoms with van der Waals surface area (Å²) in [7, 11) is 0. The maximum absolute atomic E-state index is 6.24. The normalized spacial score (nSPS) is 16.8. The number of hydrogen-bond acceptors (Lipinski definition) is 5. The average Bonchev–Trinajstić information content (AvgIpc) is 3.17. The Labute approximate surface area is 168 Å². The van der Waals surface area contributed by atoms with E-state index < -0.39 is 0 Å². The minimum Gasteiger partial charge on any atom is -0.457 e. The van der Waals surface area contributed by atoms with E-state index in [1.165, 1.54) is 6.33 Å². The van der Waals surface area contributed by atoms with Gasteiger partial charge in [0.1, 0.15) is 34.4 Å². The van der Waals surface area contributed by atoms with Crippen LogP contribution in [0.15, 0.2) is 60.9 Å². The van der Waals surface area contributed by atoms with Crippen molar-refractivity contribution in [3.63, 3.8) is 0 Å². The van der Waals surface area contributed by atoms with E-state index in [2.05, 4.69) is 25.1 Å². The number of piperidine rings is 1. The zero-order chi connectivity index (χ0) is 19.6. The van der Waals surface area contributed by atoms with E-state index in [1.807, 2.05) is 54.6 Å². The number of benzene rings is 2. The molecule has 4 aromatic rings. The number of nitrogens with one attached hydrogen (secondary N) is 2. The van der Waals surface area contributed by atoms with Gasteiger partial charge in [-0.2, -0.15) is 9.67 Å². The Morgan fingerprint density at radius 1 is 1.00 bits per heavy atom. The van der Waals surface area contributed by atoms with Crippen molar-refractivity contribution in [1.82, 2.24) is 20.4 Å². The fourth-order valence-corrected chi connectivity index (χ4v) is 3.88. The molecule has 0 bridgehead atoms. The van der Waals surface area contributed by atoms with Gasteiger partial charge in [0.2, 0.25) is 6.33 Å². The first-order valence-electron chi connectivity index (χ1n) is 9.87. The summed E-state index contributed by atoms with van der Waals surface area (Å²) in [4.78, 5) is 8.74. The van der Waals surface area contributed by atoms with Crippen molar-refractivity contribution in [2.45, 2.75) is 18.9 Å². The standard InChI is InChI=1S/C22H22N6O/c23-21-19-20(15-8-10-18(11-9-15)29-17-6-2-1-3-7-17)27-28(22(19)26-14-25-21)16-5-4-12-24-13-16/h1-3,6-11,14,16,24H,4-5,12-13H2,(H2,23,25,26,27)/p+1. The third-order valence-corrected chi connectivity index (χ3v) is 5.32. The van der Waals surface area contributed by atoms with Gasteiger partial charge in [-0.15, -0.1) is 0 Å². The summed E-state index contributed by atoms with van der Waals surface area (Å²) in [5.74, 6) is 2.07. The fraction of sp³-hybridized carbons (Fsp3) is 0.227. The number of rotatable bonds is 4. The largest absolute Gasteiger partial charge is 0.457 e. The zero-order valence-corrected chi connectivity index (χ0v) is 16.0. The summed E-state index contributed by atoms with van der Waals surface area (Å²) in [6, 6.07) is 18.0. The van der Waals surface area contributed by atoms with Crippen molar-refractivity contribution in [2.75, 3.05) is 18.8 Å². The van der Waals surface area contributed by atoms with Crippen LogP contribution in [0.3, 0.4) is 0 Å². The van der Waals surface area contributed by atoms with Gasteiger partial charge in [0.15, 0.2) is 0 Å².